The molecule has 192 valence electrons. The molecular formula is C29H20ClN5O4. The highest BCUT2D eigenvalue weighted by Crippen LogP contribution is 2.32. The zero-order chi connectivity index (χ0) is 27.4. The Bertz CT molecular complexity index is 1800. The Hall–Kier alpha value is -5.15. The van der Waals surface area contributed by atoms with E-state index in [1.165, 1.54) is 35.9 Å². The van der Waals surface area contributed by atoms with Gasteiger partial charge in [0.25, 0.3) is 11.2 Å². The smallest absolute Gasteiger partial charge is 0.269 e. The van der Waals surface area contributed by atoms with Crippen LogP contribution in [0.15, 0.2) is 106 Å². The summed E-state index contributed by atoms with van der Waals surface area (Å²) in [5, 5.41) is 20.4. The molecule has 4 aromatic carbocycles. The zero-order valence-electron chi connectivity index (χ0n) is 20.6. The van der Waals surface area contributed by atoms with E-state index in [4.69, 9.17) is 21.3 Å². The van der Waals surface area contributed by atoms with Crippen LogP contribution in [0.4, 0.5) is 17.1 Å². The number of halogens is 1. The van der Waals surface area contributed by atoms with Gasteiger partial charge in [0.2, 0.25) is 0 Å². The summed E-state index contributed by atoms with van der Waals surface area (Å²) in [6, 6.07) is 25.3. The van der Waals surface area contributed by atoms with Gasteiger partial charge >= 0.3 is 0 Å². The van der Waals surface area contributed by atoms with Gasteiger partial charge in [-0.1, -0.05) is 41.9 Å². The minimum atomic E-state index is -0.481. The number of fused-ring (bicyclic) bond motifs is 1. The lowest BCUT2D eigenvalue weighted by molar-refractivity contribution is -0.384. The number of rotatable bonds is 7. The fourth-order valence-electron chi connectivity index (χ4n) is 3.90. The third-order valence-corrected chi connectivity index (χ3v) is 6.10. The highest BCUT2D eigenvalue weighted by atomic mass is 35.5. The van der Waals surface area contributed by atoms with E-state index in [0.717, 1.165) is 5.56 Å². The van der Waals surface area contributed by atoms with Crippen molar-refractivity contribution < 1.29 is 9.66 Å². The van der Waals surface area contributed by atoms with Crippen molar-refractivity contribution in [2.45, 2.75) is 0 Å². The molecule has 1 heterocycles. The summed E-state index contributed by atoms with van der Waals surface area (Å²) in [5.41, 5.74) is 2.59. The number of nitro groups is 1. The molecule has 0 aliphatic heterocycles. The van der Waals surface area contributed by atoms with Gasteiger partial charge in [-0.25, -0.2) is 4.98 Å². The van der Waals surface area contributed by atoms with Crippen molar-refractivity contribution in [3.05, 3.63) is 128 Å². The number of hydrogen-bond acceptors (Lipinski definition) is 7. The van der Waals surface area contributed by atoms with Gasteiger partial charge in [0.05, 0.1) is 34.3 Å². The Balaban J connectivity index is 1.56. The molecule has 0 aliphatic rings. The average molecular weight is 538 g/mol. The fraction of sp³-hybridized carbons (Fsp3) is 0.0345. The normalized spacial score (nSPS) is 11.4. The number of benzene rings is 4. The van der Waals surface area contributed by atoms with Crippen molar-refractivity contribution in [1.29, 1.82) is 0 Å². The van der Waals surface area contributed by atoms with Gasteiger partial charge < -0.3 is 4.74 Å². The van der Waals surface area contributed by atoms with Gasteiger partial charge in [-0.2, -0.15) is 5.11 Å². The SMILES string of the molecule is COc1cc(-n2c(/C=C/c3ccc(Cl)cc3)nc3ccccc3c2=O)ccc1N=Nc1ccc([N+](=O)[O-])cc1. The highest BCUT2D eigenvalue weighted by Gasteiger charge is 2.14. The maximum absolute atomic E-state index is 13.6. The Morgan fingerprint density at radius 2 is 1.69 bits per heavy atom. The van der Waals surface area contributed by atoms with Crippen molar-refractivity contribution in [1.82, 2.24) is 9.55 Å². The second kappa shape index (κ2) is 11.1. The second-order valence-corrected chi connectivity index (χ2v) is 8.78. The van der Waals surface area contributed by atoms with Crippen LogP contribution in [0.5, 0.6) is 5.75 Å². The van der Waals surface area contributed by atoms with E-state index >= 15 is 0 Å². The number of methoxy groups -OCH3 is 1. The van der Waals surface area contributed by atoms with Crippen molar-refractivity contribution in [2.75, 3.05) is 7.11 Å². The minimum Gasteiger partial charge on any atom is -0.494 e. The molecule has 5 aromatic rings. The van der Waals surface area contributed by atoms with E-state index in [1.807, 2.05) is 24.3 Å². The molecule has 0 fully saturated rings. The highest BCUT2D eigenvalue weighted by molar-refractivity contribution is 6.30. The topological polar surface area (TPSA) is 112 Å². The molecule has 0 atom stereocenters. The van der Waals surface area contributed by atoms with E-state index < -0.39 is 4.92 Å². The summed E-state index contributed by atoms with van der Waals surface area (Å²) in [4.78, 5) is 28.7. The number of ether oxygens (including phenoxy) is 1. The predicted octanol–water partition coefficient (Wildman–Crippen LogP) is 7.54. The number of non-ortho nitro benzene ring substituents is 1. The molecule has 1 aromatic heterocycles. The first-order valence-electron chi connectivity index (χ1n) is 11.7. The Kier molecular flexibility index (Phi) is 7.24. The molecule has 0 bridgehead atoms. The van der Waals surface area contributed by atoms with Crippen LogP contribution in [0, 0.1) is 10.1 Å². The molecule has 0 saturated carbocycles. The van der Waals surface area contributed by atoms with Crippen LogP contribution in [0.3, 0.4) is 0 Å². The summed E-state index contributed by atoms with van der Waals surface area (Å²) in [6.45, 7) is 0. The molecule has 0 N–H and O–H groups in total. The zero-order valence-corrected chi connectivity index (χ0v) is 21.3. The van der Waals surface area contributed by atoms with Crippen LogP contribution in [0.2, 0.25) is 5.02 Å². The van der Waals surface area contributed by atoms with Gasteiger partial charge in [-0.05, 0) is 60.2 Å². The number of azo groups is 1. The van der Waals surface area contributed by atoms with E-state index in [9.17, 15) is 14.9 Å². The maximum Gasteiger partial charge on any atom is 0.269 e. The molecule has 10 heteroatoms. The van der Waals surface area contributed by atoms with Crippen molar-refractivity contribution in [2.24, 2.45) is 10.2 Å². The molecule has 0 amide bonds. The van der Waals surface area contributed by atoms with Gasteiger partial charge in [-0.15, -0.1) is 5.11 Å². The van der Waals surface area contributed by atoms with Crippen LogP contribution >= 0.6 is 11.6 Å². The largest absolute Gasteiger partial charge is 0.494 e. The maximum atomic E-state index is 13.6. The summed E-state index contributed by atoms with van der Waals surface area (Å²) in [7, 11) is 1.49. The Morgan fingerprint density at radius 3 is 2.41 bits per heavy atom. The number of nitro benzene ring substituents is 1. The first-order chi connectivity index (χ1) is 18.9. The Labute approximate surface area is 227 Å². The Morgan fingerprint density at radius 1 is 0.949 bits per heavy atom. The van der Waals surface area contributed by atoms with Crippen molar-refractivity contribution in [3.8, 4) is 11.4 Å². The third kappa shape index (κ3) is 5.58. The second-order valence-electron chi connectivity index (χ2n) is 8.34. The molecule has 9 nitrogen and oxygen atoms in total. The van der Waals surface area contributed by atoms with Gasteiger partial charge in [0.1, 0.15) is 17.3 Å². The summed E-state index contributed by atoms with van der Waals surface area (Å²) in [6.07, 6.45) is 3.62. The standard InChI is InChI=1S/C29H20ClN5O4/c1-39-27-18-23(15-16-26(27)33-32-21-11-13-22(14-12-21)35(37)38)34-28(17-8-19-6-9-20(30)10-7-19)31-25-5-3-2-4-24(25)29(34)36/h2-18H,1H3/b17-8+,33-32?. The molecular weight excluding hydrogens is 518 g/mol. The number of hydrogen-bond donors (Lipinski definition) is 0. The predicted molar refractivity (Wildman–Crippen MR) is 152 cm³/mol. The van der Waals surface area contributed by atoms with Crippen LogP contribution in [0.1, 0.15) is 11.4 Å². The summed E-state index contributed by atoms with van der Waals surface area (Å²) < 4.78 is 7.05. The summed E-state index contributed by atoms with van der Waals surface area (Å²) in [5.74, 6) is 0.807. The van der Waals surface area contributed by atoms with Gasteiger partial charge in [0, 0.05) is 23.2 Å². The minimum absolute atomic E-state index is 0.0359. The molecule has 0 unspecified atom stereocenters. The van der Waals surface area contributed by atoms with Crippen LogP contribution < -0.4 is 10.3 Å². The number of aromatic nitrogens is 2. The third-order valence-electron chi connectivity index (χ3n) is 5.85. The van der Waals surface area contributed by atoms with Crippen molar-refractivity contribution in [3.63, 3.8) is 0 Å². The molecule has 0 spiro atoms. The molecule has 39 heavy (non-hydrogen) atoms. The monoisotopic (exact) mass is 537 g/mol. The number of para-hydroxylation sites is 1. The van der Waals surface area contributed by atoms with E-state index in [1.54, 1.807) is 54.6 Å². The van der Waals surface area contributed by atoms with Crippen LogP contribution in [0.25, 0.3) is 28.7 Å². The molecule has 0 saturated heterocycles. The molecule has 5 rings (SSSR count). The lowest BCUT2D eigenvalue weighted by Crippen LogP contribution is -2.22. The van der Waals surface area contributed by atoms with Crippen LogP contribution in [-0.4, -0.2) is 21.6 Å². The van der Waals surface area contributed by atoms with E-state index in [-0.39, 0.29) is 11.2 Å². The fourth-order valence-corrected chi connectivity index (χ4v) is 4.02. The van der Waals surface area contributed by atoms with Crippen molar-refractivity contribution >= 4 is 51.7 Å². The molecule has 0 aliphatic carbocycles. The number of nitrogens with zero attached hydrogens (tertiary/aromatic N) is 5. The quantitative estimate of drug-likeness (QED) is 0.121. The van der Waals surface area contributed by atoms with Gasteiger partial charge in [-0.3, -0.25) is 19.5 Å². The van der Waals surface area contributed by atoms with Crippen LogP contribution in [-0.2, 0) is 0 Å². The van der Waals surface area contributed by atoms with E-state index in [2.05, 4.69) is 10.2 Å². The lowest BCUT2D eigenvalue weighted by atomic mass is 10.2. The molecule has 0 radical (unpaired) electrons. The van der Waals surface area contributed by atoms with Gasteiger partial charge in [0.15, 0.2) is 0 Å². The first-order valence-corrected chi connectivity index (χ1v) is 12.1. The average Bonchev–Trinajstić information content (AvgIpc) is 2.96. The first kappa shape index (κ1) is 25.5. The lowest BCUT2D eigenvalue weighted by Gasteiger charge is -2.13. The van der Waals surface area contributed by atoms with E-state index in [0.29, 0.717) is 44.6 Å². The summed E-state index contributed by atoms with van der Waals surface area (Å²) >= 11 is 6.00.